The van der Waals surface area contributed by atoms with Crippen molar-refractivity contribution in [3.05, 3.63) is 96.1 Å². The summed E-state index contributed by atoms with van der Waals surface area (Å²) in [6.45, 7) is 2.08. The topological polar surface area (TPSA) is 46.6 Å². The van der Waals surface area contributed by atoms with Gasteiger partial charge in [0.25, 0.3) is 5.91 Å². The van der Waals surface area contributed by atoms with E-state index >= 15 is 0 Å². The van der Waals surface area contributed by atoms with E-state index in [4.69, 9.17) is 4.74 Å². The van der Waals surface area contributed by atoms with Gasteiger partial charge in [0.1, 0.15) is 0 Å². The second-order valence-corrected chi connectivity index (χ2v) is 7.42. The second kappa shape index (κ2) is 8.37. The monoisotopic (exact) mass is 397 g/mol. The first-order valence-corrected chi connectivity index (χ1v) is 9.95. The number of nitrogens with zero attached hydrogens (tertiary/aromatic N) is 1. The summed E-state index contributed by atoms with van der Waals surface area (Å²) >= 11 is 0. The zero-order valence-electron chi connectivity index (χ0n) is 17.0. The third kappa shape index (κ3) is 3.90. The number of hydrogen-bond donors (Lipinski definition) is 0. The van der Waals surface area contributed by atoms with Crippen LogP contribution in [0.15, 0.2) is 84.9 Å². The lowest BCUT2D eigenvalue weighted by Crippen LogP contribution is -2.37. The van der Waals surface area contributed by atoms with Crippen molar-refractivity contribution < 1.29 is 14.3 Å². The molecule has 4 heteroatoms. The van der Waals surface area contributed by atoms with Crippen molar-refractivity contribution >= 4 is 33.4 Å². The molecule has 0 heterocycles. The molecule has 4 aromatic rings. The van der Waals surface area contributed by atoms with Gasteiger partial charge in [-0.2, -0.15) is 0 Å². The first-order valence-electron chi connectivity index (χ1n) is 9.95. The quantitative estimate of drug-likeness (QED) is 0.344. The second-order valence-electron chi connectivity index (χ2n) is 7.42. The van der Waals surface area contributed by atoms with Crippen molar-refractivity contribution in [3.8, 4) is 0 Å². The third-order valence-electron chi connectivity index (χ3n) is 5.25. The maximum absolute atomic E-state index is 13.2. The van der Waals surface area contributed by atoms with Gasteiger partial charge < -0.3 is 9.64 Å². The van der Waals surface area contributed by atoms with E-state index in [2.05, 4.69) is 6.07 Å². The molecule has 0 saturated heterocycles. The Morgan fingerprint density at radius 3 is 1.97 bits per heavy atom. The van der Waals surface area contributed by atoms with Crippen LogP contribution in [0.2, 0.25) is 0 Å². The number of ether oxygens (including phenoxy) is 1. The van der Waals surface area contributed by atoms with Crippen LogP contribution in [0.25, 0.3) is 21.5 Å². The van der Waals surface area contributed by atoms with E-state index in [1.54, 1.807) is 18.9 Å². The molecule has 0 N–H and O–H groups in total. The highest BCUT2D eigenvalue weighted by Crippen LogP contribution is 2.29. The van der Waals surface area contributed by atoms with Gasteiger partial charge in [0, 0.05) is 13.6 Å². The van der Waals surface area contributed by atoms with Crippen molar-refractivity contribution in [3.63, 3.8) is 0 Å². The molecular weight excluding hydrogens is 374 g/mol. The van der Waals surface area contributed by atoms with Gasteiger partial charge in [0.15, 0.2) is 6.10 Å². The van der Waals surface area contributed by atoms with Gasteiger partial charge in [0.2, 0.25) is 0 Å². The Balaban J connectivity index is 1.60. The predicted molar refractivity (Wildman–Crippen MR) is 119 cm³/mol. The summed E-state index contributed by atoms with van der Waals surface area (Å²) in [6.07, 6.45) is -0.885. The molecule has 150 valence electrons. The minimum Gasteiger partial charge on any atom is -0.449 e. The highest BCUT2D eigenvalue weighted by molar-refractivity contribution is 6.16. The molecule has 0 aliphatic rings. The molecule has 0 spiro atoms. The van der Waals surface area contributed by atoms with Crippen LogP contribution in [-0.2, 0) is 16.1 Å². The van der Waals surface area contributed by atoms with Crippen molar-refractivity contribution in [2.75, 3.05) is 7.05 Å². The van der Waals surface area contributed by atoms with E-state index in [-0.39, 0.29) is 5.91 Å². The number of hydrogen-bond acceptors (Lipinski definition) is 3. The van der Waals surface area contributed by atoms with Gasteiger partial charge in [-0.3, -0.25) is 4.79 Å². The molecule has 0 aliphatic heterocycles. The van der Waals surface area contributed by atoms with Gasteiger partial charge in [-0.25, -0.2) is 4.79 Å². The minimum atomic E-state index is -0.885. The van der Waals surface area contributed by atoms with Crippen molar-refractivity contribution in [2.24, 2.45) is 0 Å². The van der Waals surface area contributed by atoms with Crippen LogP contribution in [0.1, 0.15) is 22.8 Å². The lowest BCUT2D eigenvalue weighted by atomic mass is 9.97. The van der Waals surface area contributed by atoms with E-state index in [0.717, 1.165) is 27.1 Å². The summed E-state index contributed by atoms with van der Waals surface area (Å²) in [6, 6.07) is 27.2. The molecule has 0 aromatic heterocycles. The highest BCUT2D eigenvalue weighted by Gasteiger charge is 2.24. The molecule has 0 fully saturated rings. The summed E-state index contributed by atoms with van der Waals surface area (Å²) in [5.74, 6) is -0.728. The van der Waals surface area contributed by atoms with Crippen LogP contribution >= 0.6 is 0 Å². The fourth-order valence-electron chi connectivity index (χ4n) is 3.75. The molecule has 1 amide bonds. The number of benzene rings is 4. The average Bonchev–Trinajstić information content (AvgIpc) is 2.77. The average molecular weight is 397 g/mol. The lowest BCUT2D eigenvalue weighted by Gasteiger charge is -2.22. The minimum absolute atomic E-state index is 0.239. The molecule has 30 heavy (non-hydrogen) atoms. The molecule has 0 radical (unpaired) electrons. The summed E-state index contributed by atoms with van der Waals surface area (Å²) in [4.78, 5) is 27.5. The van der Waals surface area contributed by atoms with Gasteiger partial charge >= 0.3 is 5.97 Å². The van der Waals surface area contributed by atoms with Crippen LogP contribution in [0.3, 0.4) is 0 Å². The number of fused-ring (bicyclic) bond motifs is 2. The van der Waals surface area contributed by atoms with E-state index < -0.39 is 12.1 Å². The SMILES string of the molecule is C[C@@H](OC(=O)c1c2ccccc2cc2ccccc12)C(=O)N(C)Cc1ccccc1. The highest BCUT2D eigenvalue weighted by atomic mass is 16.5. The Morgan fingerprint density at radius 2 is 1.37 bits per heavy atom. The van der Waals surface area contributed by atoms with E-state index in [0.29, 0.717) is 12.1 Å². The number of carbonyl (C=O) groups excluding carboxylic acids is 2. The Labute approximate surface area is 175 Å². The van der Waals surface area contributed by atoms with E-state index in [9.17, 15) is 9.59 Å². The molecule has 0 aliphatic carbocycles. The normalized spacial score (nSPS) is 11.9. The lowest BCUT2D eigenvalue weighted by molar-refractivity contribution is -0.139. The van der Waals surface area contributed by atoms with Crippen LogP contribution < -0.4 is 0 Å². The maximum atomic E-state index is 13.2. The van der Waals surface area contributed by atoms with Crippen molar-refractivity contribution in [1.82, 2.24) is 4.90 Å². The maximum Gasteiger partial charge on any atom is 0.340 e. The van der Waals surface area contributed by atoms with E-state index in [1.807, 2.05) is 78.9 Å². The first-order chi connectivity index (χ1) is 14.5. The molecule has 4 aromatic carbocycles. The number of esters is 1. The third-order valence-corrected chi connectivity index (χ3v) is 5.25. The molecular formula is C26H23NO3. The van der Waals surface area contributed by atoms with Crippen molar-refractivity contribution in [2.45, 2.75) is 19.6 Å². The largest absolute Gasteiger partial charge is 0.449 e. The Kier molecular flexibility index (Phi) is 5.48. The van der Waals surface area contributed by atoms with Crippen LogP contribution in [0.5, 0.6) is 0 Å². The summed E-state index contributed by atoms with van der Waals surface area (Å²) in [5, 5.41) is 3.56. The Morgan fingerprint density at radius 1 is 0.833 bits per heavy atom. The smallest absolute Gasteiger partial charge is 0.340 e. The molecule has 0 bridgehead atoms. The Bertz CT molecular complexity index is 1160. The molecule has 0 unspecified atom stereocenters. The number of amides is 1. The van der Waals surface area contributed by atoms with Crippen LogP contribution in [0.4, 0.5) is 0 Å². The van der Waals surface area contributed by atoms with Crippen LogP contribution in [0, 0.1) is 0 Å². The van der Waals surface area contributed by atoms with Crippen LogP contribution in [-0.4, -0.2) is 29.9 Å². The van der Waals surface area contributed by atoms with Crippen molar-refractivity contribution in [1.29, 1.82) is 0 Å². The Hall–Kier alpha value is -3.66. The fourth-order valence-corrected chi connectivity index (χ4v) is 3.75. The van der Waals surface area contributed by atoms with Gasteiger partial charge in [0.05, 0.1) is 5.56 Å². The molecule has 4 nitrogen and oxygen atoms in total. The summed E-state index contributed by atoms with van der Waals surface area (Å²) in [5.41, 5.74) is 1.51. The van der Waals surface area contributed by atoms with E-state index in [1.165, 1.54) is 0 Å². The zero-order valence-corrected chi connectivity index (χ0v) is 17.0. The van der Waals surface area contributed by atoms with Gasteiger partial charge in [-0.15, -0.1) is 0 Å². The zero-order chi connectivity index (χ0) is 21.1. The summed E-state index contributed by atoms with van der Waals surface area (Å²) in [7, 11) is 1.72. The molecule has 0 saturated carbocycles. The number of carbonyl (C=O) groups is 2. The summed E-state index contributed by atoms with van der Waals surface area (Å²) < 4.78 is 5.64. The van der Waals surface area contributed by atoms with Gasteiger partial charge in [-0.1, -0.05) is 78.9 Å². The first kappa shape index (κ1) is 19.6. The predicted octanol–water partition coefficient (Wildman–Crippen LogP) is 5.20. The fraction of sp³-hybridized carbons (Fsp3) is 0.154. The number of rotatable bonds is 5. The number of likely N-dealkylation sites (N-methyl/N-ethyl adjacent to an activating group) is 1. The molecule has 1 atom stereocenters. The molecule has 4 rings (SSSR count). The standard InChI is InChI=1S/C26H23NO3/c1-18(25(28)27(2)17-19-10-4-3-5-11-19)30-26(29)24-22-14-8-6-12-20(22)16-21-13-7-9-15-23(21)24/h3-16,18H,17H2,1-2H3/t18-/m1/s1. The van der Waals surface area contributed by atoms with Gasteiger partial charge in [-0.05, 0) is 40.1 Å².